The largest absolute Gasteiger partial charge is 0.370 e. The number of hydrogen-bond donors (Lipinski definition) is 4. The molecule has 0 radical (unpaired) electrons. The molecule has 0 bridgehead atoms. The van der Waals surface area contributed by atoms with E-state index in [1.165, 1.54) is 0 Å². The monoisotopic (exact) mass is 206 g/mol. The average molecular weight is 206 g/mol. The predicted molar refractivity (Wildman–Crippen MR) is 61.4 cm³/mol. The van der Waals surface area contributed by atoms with Crippen molar-refractivity contribution < 1.29 is 0 Å². The summed E-state index contributed by atoms with van der Waals surface area (Å²) in [6.07, 6.45) is 0. The summed E-state index contributed by atoms with van der Waals surface area (Å²) < 4.78 is 0. The van der Waals surface area contributed by atoms with Crippen molar-refractivity contribution >= 4 is 17.6 Å². The second kappa shape index (κ2) is 4.85. The molecule has 0 aromatic heterocycles. The molecule has 6 nitrogen and oxygen atoms in total. The van der Waals surface area contributed by atoms with E-state index >= 15 is 0 Å². The number of rotatable bonds is 3. The number of benzene rings is 1. The van der Waals surface area contributed by atoms with Crippen molar-refractivity contribution in [3.63, 3.8) is 0 Å². The van der Waals surface area contributed by atoms with Gasteiger partial charge in [-0.15, -0.1) is 0 Å². The molecule has 0 unspecified atom stereocenters. The quantitative estimate of drug-likeness (QED) is 0.387. The topological polar surface area (TPSA) is 129 Å². The van der Waals surface area contributed by atoms with Crippen LogP contribution in [-0.2, 0) is 6.54 Å². The molecule has 0 amide bonds. The van der Waals surface area contributed by atoms with Crippen molar-refractivity contribution in [2.45, 2.75) is 6.54 Å². The van der Waals surface area contributed by atoms with Crippen molar-refractivity contribution in [3.05, 3.63) is 29.8 Å². The SMILES string of the molecule is NC(N)=NCc1cccc(N=C(N)N)c1. The summed E-state index contributed by atoms with van der Waals surface area (Å²) in [5, 5.41) is 0. The minimum Gasteiger partial charge on any atom is -0.370 e. The highest BCUT2D eigenvalue weighted by Crippen LogP contribution is 2.14. The minimum absolute atomic E-state index is 0.0222. The second-order valence-electron chi connectivity index (χ2n) is 2.95. The maximum absolute atomic E-state index is 5.26. The Labute approximate surface area is 87.7 Å². The molecule has 0 aliphatic rings. The van der Waals surface area contributed by atoms with E-state index in [1.54, 1.807) is 6.07 Å². The van der Waals surface area contributed by atoms with Crippen LogP contribution in [0.5, 0.6) is 0 Å². The zero-order chi connectivity index (χ0) is 11.3. The number of aliphatic imine (C=N–C) groups is 2. The zero-order valence-corrected chi connectivity index (χ0v) is 8.22. The minimum atomic E-state index is 0.0222. The molecule has 0 aliphatic heterocycles. The normalized spacial score (nSPS) is 9.33. The van der Waals surface area contributed by atoms with Crippen LogP contribution >= 0.6 is 0 Å². The molecule has 1 aromatic rings. The molecule has 80 valence electrons. The third-order valence-corrected chi connectivity index (χ3v) is 1.61. The van der Waals surface area contributed by atoms with Crippen LogP contribution in [-0.4, -0.2) is 11.9 Å². The molecule has 1 aromatic carbocycles. The van der Waals surface area contributed by atoms with Crippen LogP contribution in [0.3, 0.4) is 0 Å². The van der Waals surface area contributed by atoms with Crippen molar-refractivity contribution in [3.8, 4) is 0 Å². The van der Waals surface area contributed by atoms with Crippen molar-refractivity contribution in [1.29, 1.82) is 0 Å². The highest BCUT2D eigenvalue weighted by atomic mass is 15.0. The lowest BCUT2D eigenvalue weighted by atomic mass is 10.2. The van der Waals surface area contributed by atoms with Gasteiger partial charge >= 0.3 is 0 Å². The number of guanidine groups is 2. The van der Waals surface area contributed by atoms with E-state index in [0.717, 1.165) is 5.56 Å². The first-order valence-corrected chi connectivity index (χ1v) is 4.32. The summed E-state index contributed by atoms with van der Waals surface area (Å²) in [5.74, 6) is 0.0798. The van der Waals surface area contributed by atoms with E-state index in [0.29, 0.717) is 12.2 Å². The molecule has 8 N–H and O–H groups in total. The van der Waals surface area contributed by atoms with Crippen LogP contribution in [0.25, 0.3) is 0 Å². The first-order chi connectivity index (χ1) is 7.08. The van der Waals surface area contributed by atoms with E-state index in [9.17, 15) is 0 Å². The number of hydrogen-bond acceptors (Lipinski definition) is 2. The van der Waals surface area contributed by atoms with Crippen LogP contribution in [0.15, 0.2) is 34.3 Å². The first kappa shape index (κ1) is 10.8. The Morgan fingerprint density at radius 1 is 1.07 bits per heavy atom. The molecule has 0 atom stereocenters. The van der Waals surface area contributed by atoms with Gasteiger partial charge in [-0.05, 0) is 17.7 Å². The number of nitrogens with two attached hydrogens (primary N) is 4. The third-order valence-electron chi connectivity index (χ3n) is 1.61. The molecule has 6 heteroatoms. The molecule has 0 aliphatic carbocycles. The van der Waals surface area contributed by atoms with E-state index in [-0.39, 0.29) is 11.9 Å². The van der Waals surface area contributed by atoms with Gasteiger partial charge in [0, 0.05) is 0 Å². The average Bonchev–Trinajstić information content (AvgIpc) is 2.14. The fourth-order valence-corrected chi connectivity index (χ4v) is 1.06. The summed E-state index contributed by atoms with van der Waals surface area (Å²) in [6, 6.07) is 7.32. The molecular formula is C9H14N6. The van der Waals surface area contributed by atoms with Crippen LogP contribution in [0.1, 0.15) is 5.56 Å². The molecule has 1 rings (SSSR count). The molecule has 0 saturated carbocycles. The highest BCUT2D eigenvalue weighted by molar-refractivity contribution is 5.79. The second-order valence-corrected chi connectivity index (χ2v) is 2.95. The molecule has 0 fully saturated rings. The van der Waals surface area contributed by atoms with Crippen LogP contribution in [0.2, 0.25) is 0 Å². The number of nitrogens with zero attached hydrogens (tertiary/aromatic N) is 2. The third kappa shape index (κ3) is 3.99. The Bertz CT molecular complexity index is 387. The lowest BCUT2D eigenvalue weighted by Gasteiger charge is -1.99. The highest BCUT2D eigenvalue weighted by Gasteiger charge is 1.94. The van der Waals surface area contributed by atoms with E-state index < -0.39 is 0 Å². The lowest BCUT2D eigenvalue weighted by molar-refractivity contribution is 1.05. The Balaban J connectivity index is 2.83. The van der Waals surface area contributed by atoms with E-state index in [2.05, 4.69) is 9.98 Å². The summed E-state index contributed by atoms with van der Waals surface area (Å²) in [6.45, 7) is 0.413. The van der Waals surface area contributed by atoms with Crippen LogP contribution in [0, 0.1) is 0 Å². The van der Waals surface area contributed by atoms with Crippen molar-refractivity contribution in [1.82, 2.24) is 0 Å². The van der Waals surface area contributed by atoms with Gasteiger partial charge in [-0.3, -0.25) is 0 Å². The summed E-state index contributed by atoms with van der Waals surface area (Å²) in [4.78, 5) is 7.78. The van der Waals surface area contributed by atoms with Gasteiger partial charge in [0.1, 0.15) is 0 Å². The Morgan fingerprint density at radius 3 is 2.40 bits per heavy atom. The lowest BCUT2D eigenvalue weighted by Crippen LogP contribution is -2.22. The molecule has 0 spiro atoms. The molecule has 0 saturated heterocycles. The maximum atomic E-state index is 5.26. The fourth-order valence-electron chi connectivity index (χ4n) is 1.06. The van der Waals surface area contributed by atoms with Gasteiger partial charge in [0.2, 0.25) is 0 Å². The summed E-state index contributed by atoms with van der Waals surface area (Å²) in [7, 11) is 0. The van der Waals surface area contributed by atoms with Gasteiger partial charge in [0.05, 0.1) is 12.2 Å². The molecular weight excluding hydrogens is 192 g/mol. The van der Waals surface area contributed by atoms with Gasteiger partial charge in [0.15, 0.2) is 11.9 Å². The van der Waals surface area contributed by atoms with Crippen molar-refractivity contribution in [2.75, 3.05) is 0 Å². The van der Waals surface area contributed by atoms with E-state index in [1.807, 2.05) is 18.2 Å². The smallest absolute Gasteiger partial charge is 0.191 e. The van der Waals surface area contributed by atoms with Gasteiger partial charge < -0.3 is 22.9 Å². The van der Waals surface area contributed by atoms with Crippen molar-refractivity contribution in [2.24, 2.45) is 32.9 Å². The summed E-state index contributed by atoms with van der Waals surface area (Å²) in [5.41, 5.74) is 22.6. The summed E-state index contributed by atoms with van der Waals surface area (Å²) >= 11 is 0. The Kier molecular flexibility index (Phi) is 3.50. The van der Waals surface area contributed by atoms with Crippen LogP contribution in [0.4, 0.5) is 5.69 Å². The Hall–Kier alpha value is -2.24. The van der Waals surface area contributed by atoms with Gasteiger partial charge in [0.25, 0.3) is 0 Å². The molecule has 15 heavy (non-hydrogen) atoms. The van der Waals surface area contributed by atoms with Crippen LogP contribution < -0.4 is 22.9 Å². The van der Waals surface area contributed by atoms with Gasteiger partial charge in [-0.2, -0.15) is 0 Å². The molecule has 0 heterocycles. The predicted octanol–water partition coefficient (Wildman–Crippen LogP) is -0.635. The van der Waals surface area contributed by atoms with E-state index in [4.69, 9.17) is 22.9 Å². The zero-order valence-electron chi connectivity index (χ0n) is 8.22. The fraction of sp³-hybridized carbons (Fsp3) is 0.111. The standard InChI is InChI=1S/C9H14N6/c10-8(11)14-5-6-2-1-3-7(4-6)15-9(12)13/h1-4H,5H2,(H4,10,11,14)(H4,12,13,15). The van der Waals surface area contributed by atoms with Gasteiger partial charge in [-0.25, -0.2) is 9.98 Å². The first-order valence-electron chi connectivity index (χ1n) is 4.32. The maximum Gasteiger partial charge on any atom is 0.191 e. The van der Waals surface area contributed by atoms with Gasteiger partial charge in [-0.1, -0.05) is 12.1 Å². The Morgan fingerprint density at radius 2 is 1.80 bits per heavy atom.